The maximum Gasteiger partial charge on any atom is 0.191 e. The molecule has 146 valence electrons. The van der Waals surface area contributed by atoms with Crippen molar-refractivity contribution in [3.05, 3.63) is 46.8 Å². The zero-order chi connectivity index (χ0) is 19.1. The van der Waals surface area contributed by atoms with Crippen molar-refractivity contribution in [2.75, 3.05) is 13.7 Å². The molecule has 0 bridgehead atoms. The van der Waals surface area contributed by atoms with Gasteiger partial charge in [0.05, 0.1) is 12.3 Å². The molecule has 1 saturated carbocycles. The molecule has 27 heavy (non-hydrogen) atoms. The van der Waals surface area contributed by atoms with Gasteiger partial charge in [-0.25, -0.2) is 0 Å². The lowest BCUT2D eigenvalue weighted by atomic mass is 10.1. The lowest BCUT2D eigenvalue weighted by Crippen LogP contribution is -2.36. The lowest BCUT2D eigenvalue weighted by Gasteiger charge is -2.15. The van der Waals surface area contributed by atoms with Gasteiger partial charge < -0.3 is 19.9 Å². The van der Waals surface area contributed by atoms with E-state index in [1.54, 1.807) is 7.05 Å². The van der Waals surface area contributed by atoms with E-state index in [4.69, 9.17) is 9.26 Å². The molecule has 0 saturated heterocycles. The third-order valence-electron chi connectivity index (χ3n) is 4.85. The Hall–Kier alpha value is -2.50. The number of benzene rings is 1. The van der Waals surface area contributed by atoms with Crippen LogP contribution in [0.25, 0.3) is 0 Å². The summed E-state index contributed by atoms with van der Waals surface area (Å²) >= 11 is 0. The first kappa shape index (κ1) is 19.3. The van der Waals surface area contributed by atoms with E-state index in [0.717, 1.165) is 59.7 Å². The molecule has 1 aromatic heterocycles. The third-order valence-corrected chi connectivity index (χ3v) is 4.85. The van der Waals surface area contributed by atoms with Crippen LogP contribution in [-0.2, 0) is 25.9 Å². The van der Waals surface area contributed by atoms with Gasteiger partial charge in [0.1, 0.15) is 11.5 Å². The minimum absolute atomic E-state index is 0.648. The Bertz CT molecular complexity index is 744. The van der Waals surface area contributed by atoms with Gasteiger partial charge in [-0.2, -0.15) is 0 Å². The number of aromatic nitrogens is 1. The SMILES string of the molecule is CCc1noc(CC)c1CNC(=NC)NCc1ccccc1OCC1CC1. The van der Waals surface area contributed by atoms with E-state index >= 15 is 0 Å². The first-order valence-corrected chi connectivity index (χ1v) is 9.86. The predicted octanol–water partition coefficient (Wildman–Crippen LogP) is 3.45. The van der Waals surface area contributed by atoms with Gasteiger partial charge in [-0.1, -0.05) is 37.2 Å². The summed E-state index contributed by atoms with van der Waals surface area (Å²) in [5.41, 5.74) is 3.28. The summed E-state index contributed by atoms with van der Waals surface area (Å²) < 4.78 is 11.4. The van der Waals surface area contributed by atoms with Gasteiger partial charge in [-0.15, -0.1) is 0 Å². The van der Waals surface area contributed by atoms with E-state index in [-0.39, 0.29) is 0 Å². The van der Waals surface area contributed by atoms with Crippen LogP contribution in [0.4, 0.5) is 0 Å². The van der Waals surface area contributed by atoms with Crippen LogP contribution in [0.1, 0.15) is 49.3 Å². The van der Waals surface area contributed by atoms with Crippen LogP contribution in [0.2, 0.25) is 0 Å². The van der Waals surface area contributed by atoms with Gasteiger partial charge in [0.2, 0.25) is 0 Å². The number of nitrogens with zero attached hydrogens (tertiary/aromatic N) is 2. The number of nitrogens with one attached hydrogen (secondary N) is 2. The fraction of sp³-hybridized carbons (Fsp3) is 0.524. The molecular formula is C21H30N4O2. The Labute approximate surface area is 161 Å². The highest BCUT2D eigenvalue weighted by Crippen LogP contribution is 2.30. The molecule has 2 N–H and O–H groups in total. The smallest absolute Gasteiger partial charge is 0.191 e. The topological polar surface area (TPSA) is 71.7 Å². The molecule has 0 amide bonds. The Kier molecular flexibility index (Phi) is 6.74. The summed E-state index contributed by atoms with van der Waals surface area (Å²) in [6.45, 7) is 6.29. The highest BCUT2D eigenvalue weighted by atomic mass is 16.5. The van der Waals surface area contributed by atoms with Crippen molar-refractivity contribution in [2.45, 2.75) is 52.6 Å². The van der Waals surface area contributed by atoms with E-state index in [9.17, 15) is 0 Å². The molecule has 1 aliphatic rings. The van der Waals surface area contributed by atoms with E-state index in [1.807, 2.05) is 18.2 Å². The fourth-order valence-corrected chi connectivity index (χ4v) is 2.99. The molecule has 1 aromatic carbocycles. The van der Waals surface area contributed by atoms with E-state index in [0.29, 0.717) is 13.1 Å². The van der Waals surface area contributed by atoms with Crippen LogP contribution in [0, 0.1) is 5.92 Å². The molecule has 6 nitrogen and oxygen atoms in total. The summed E-state index contributed by atoms with van der Waals surface area (Å²) in [6.07, 6.45) is 4.28. The van der Waals surface area contributed by atoms with Crippen molar-refractivity contribution in [3.8, 4) is 5.75 Å². The summed E-state index contributed by atoms with van der Waals surface area (Å²) in [7, 11) is 1.78. The Balaban J connectivity index is 1.56. The monoisotopic (exact) mass is 370 g/mol. The number of ether oxygens (including phenoxy) is 1. The van der Waals surface area contributed by atoms with Crippen LogP contribution < -0.4 is 15.4 Å². The van der Waals surface area contributed by atoms with Crippen molar-refractivity contribution in [2.24, 2.45) is 10.9 Å². The molecule has 0 atom stereocenters. The average Bonchev–Trinajstić information content (AvgIpc) is 3.45. The minimum Gasteiger partial charge on any atom is -0.493 e. The Morgan fingerprint density at radius 3 is 2.67 bits per heavy atom. The number of para-hydroxylation sites is 1. The van der Waals surface area contributed by atoms with E-state index < -0.39 is 0 Å². The molecule has 1 aliphatic carbocycles. The Morgan fingerprint density at radius 1 is 1.19 bits per heavy atom. The molecule has 6 heteroatoms. The first-order valence-electron chi connectivity index (χ1n) is 9.86. The molecular weight excluding hydrogens is 340 g/mol. The quantitative estimate of drug-likeness (QED) is 0.522. The average molecular weight is 370 g/mol. The molecule has 2 aromatic rings. The molecule has 1 fully saturated rings. The van der Waals surface area contributed by atoms with Crippen molar-refractivity contribution < 1.29 is 9.26 Å². The summed E-state index contributed by atoms with van der Waals surface area (Å²) in [4.78, 5) is 4.33. The van der Waals surface area contributed by atoms with Crippen molar-refractivity contribution >= 4 is 5.96 Å². The zero-order valence-electron chi connectivity index (χ0n) is 16.5. The van der Waals surface area contributed by atoms with Crippen LogP contribution in [0.15, 0.2) is 33.8 Å². The van der Waals surface area contributed by atoms with Crippen LogP contribution in [0.5, 0.6) is 5.75 Å². The Morgan fingerprint density at radius 2 is 1.96 bits per heavy atom. The van der Waals surface area contributed by atoms with E-state index in [1.165, 1.54) is 12.8 Å². The maximum atomic E-state index is 5.99. The van der Waals surface area contributed by atoms with Crippen LogP contribution in [-0.4, -0.2) is 24.8 Å². The number of aryl methyl sites for hydroxylation is 2. The van der Waals surface area contributed by atoms with Gasteiger partial charge in [-0.05, 0) is 31.2 Å². The molecule has 0 aliphatic heterocycles. The summed E-state index contributed by atoms with van der Waals surface area (Å²) in [5, 5.41) is 10.9. The summed E-state index contributed by atoms with van der Waals surface area (Å²) in [5.74, 6) is 3.38. The van der Waals surface area contributed by atoms with Gasteiger partial charge in [-0.3, -0.25) is 4.99 Å². The second-order valence-corrected chi connectivity index (χ2v) is 6.88. The molecule has 3 rings (SSSR count). The fourth-order valence-electron chi connectivity index (χ4n) is 2.99. The molecule has 0 spiro atoms. The first-order chi connectivity index (χ1) is 13.2. The van der Waals surface area contributed by atoms with Crippen molar-refractivity contribution in [1.82, 2.24) is 15.8 Å². The lowest BCUT2D eigenvalue weighted by molar-refractivity contribution is 0.296. The highest BCUT2D eigenvalue weighted by molar-refractivity contribution is 5.79. The highest BCUT2D eigenvalue weighted by Gasteiger charge is 2.22. The second-order valence-electron chi connectivity index (χ2n) is 6.88. The van der Waals surface area contributed by atoms with Crippen molar-refractivity contribution in [3.63, 3.8) is 0 Å². The van der Waals surface area contributed by atoms with Crippen LogP contribution >= 0.6 is 0 Å². The summed E-state index contributed by atoms with van der Waals surface area (Å²) in [6, 6.07) is 8.18. The number of guanidine groups is 1. The number of aliphatic imine (C=N–C) groups is 1. The normalized spacial score (nSPS) is 14.3. The maximum absolute atomic E-state index is 5.99. The molecule has 0 unspecified atom stereocenters. The third kappa shape index (κ3) is 5.25. The standard InChI is InChI=1S/C21H30N4O2/c1-4-18-17(19(5-2)27-25-18)13-24-21(22-3)23-12-16-8-6-7-9-20(16)26-14-15-10-11-15/h6-9,15H,4-5,10-14H2,1-3H3,(H2,22,23,24). The second kappa shape index (κ2) is 9.44. The zero-order valence-corrected chi connectivity index (χ0v) is 16.5. The van der Waals surface area contributed by atoms with Gasteiger partial charge in [0.15, 0.2) is 5.96 Å². The number of hydrogen-bond acceptors (Lipinski definition) is 4. The molecule has 0 radical (unpaired) electrons. The minimum atomic E-state index is 0.648. The van der Waals surface area contributed by atoms with E-state index in [2.05, 4.69) is 40.7 Å². The van der Waals surface area contributed by atoms with Gasteiger partial charge in [0.25, 0.3) is 0 Å². The van der Waals surface area contributed by atoms with Crippen LogP contribution in [0.3, 0.4) is 0 Å². The predicted molar refractivity (Wildman–Crippen MR) is 107 cm³/mol. The number of hydrogen-bond donors (Lipinski definition) is 2. The van der Waals surface area contributed by atoms with Crippen molar-refractivity contribution in [1.29, 1.82) is 0 Å². The van der Waals surface area contributed by atoms with Gasteiger partial charge >= 0.3 is 0 Å². The number of rotatable bonds is 9. The largest absolute Gasteiger partial charge is 0.493 e. The van der Waals surface area contributed by atoms with Gasteiger partial charge in [0, 0.05) is 37.7 Å². The molecule has 1 heterocycles.